The molecule has 1 aromatic carbocycles. The molecule has 3 aromatic rings. The number of esters is 1. The molecule has 0 saturated carbocycles. The second kappa shape index (κ2) is 5.24. The number of anilines is 1. The Kier molecular flexibility index (Phi) is 3.27. The molecule has 2 heterocycles. The highest BCUT2D eigenvalue weighted by molar-refractivity contribution is 5.92. The summed E-state index contributed by atoms with van der Waals surface area (Å²) in [5, 5.41) is 1.06. The Morgan fingerprint density at radius 2 is 2.10 bits per heavy atom. The first-order valence-corrected chi connectivity index (χ1v) is 6.42. The van der Waals surface area contributed by atoms with Crippen LogP contribution in [0.4, 0.5) is 5.82 Å². The lowest BCUT2D eigenvalue weighted by Crippen LogP contribution is -2.09. The number of nitrogens with zero attached hydrogens (tertiary/aromatic N) is 3. The minimum atomic E-state index is -0.540. The molecule has 0 fully saturated rings. The van der Waals surface area contributed by atoms with Gasteiger partial charge in [-0.2, -0.15) is 0 Å². The van der Waals surface area contributed by atoms with E-state index < -0.39 is 5.97 Å². The van der Waals surface area contributed by atoms with Gasteiger partial charge in [-0.15, -0.1) is 0 Å². The number of aromatic nitrogens is 3. The van der Waals surface area contributed by atoms with Gasteiger partial charge in [0.05, 0.1) is 25.5 Å². The van der Waals surface area contributed by atoms with Gasteiger partial charge in [0.1, 0.15) is 5.82 Å². The molecule has 6 heteroatoms. The molecule has 0 spiro atoms. The van der Waals surface area contributed by atoms with E-state index in [-0.39, 0.29) is 11.5 Å². The first-order valence-electron chi connectivity index (χ1n) is 6.42. The van der Waals surface area contributed by atoms with E-state index in [0.29, 0.717) is 6.54 Å². The van der Waals surface area contributed by atoms with Crippen LogP contribution in [0.5, 0.6) is 0 Å². The molecule has 21 heavy (non-hydrogen) atoms. The third kappa shape index (κ3) is 2.31. The van der Waals surface area contributed by atoms with Gasteiger partial charge in [-0.05, 0) is 11.6 Å². The van der Waals surface area contributed by atoms with Gasteiger partial charge in [-0.1, -0.05) is 24.3 Å². The van der Waals surface area contributed by atoms with E-state index in [1.54, 1.807) is 10.8 Å². The van der Waals surface area contributed by atoms with E-state index in [9.17, 15) is 4.79 Å². The Labute approximate surface area is 121 Å². The maximum Gasteiger partial charge on any atom is 0.360 e. The van der Waals surface area contributed by atoms with Gasteiger partial charge < -0.3 is 15.0 Å². The van der Waals surface area contributed by atoms with Crippen LogP contribution in [-0.2, 0) is 11.3 Å². The highest BCUT2D eigenvalue weighted by atomic mass is 16.5. The summed E-state index contributed by atoms with van der Waals surface area (Å²) in [4.78, 5) is 19.9. The van der Waals surface area contributed by atoms with Crippen LogP contribution in [0.1, 0.15) is 16.1 Å². The molecule has 0 unspecified atom stereocenters. The number of hydrogen-bond acceptors (Lipinski definition) is 5. The van der Waals surface area contributed by atoms with E-state index in [1.807, 2.05) is 30.3 Å². The smallest absolute Gasteiger partial charge is 0.360 e. The van der Waals surface area contributed by atoms with Crippen LogP contribution in [0.25, 0.3) is 10.9 Å². The molecule has 0 aliphatic carbocycles. The summed E-state index contributed by atoms with van der Waals surface area (Å²) in [6.07, 6.45) is 3.28. The fourth-order valence-corrected chi connectivity index (χ4v) is 2.25. The number of hydrogen-bond donors (Lipinski definition) is 1. The second-order valence-corrected chi connectivity index (χ2v) is 4.59. The van der Waals surface area contributed by atoms with Crippen molar-refractivity contribution in [2.75, 3.05) is 12.8 Å². The van der Waals surface area contributed by atoms with Crippen LogP contribution in [-0.4, -0.2) is 27.6 Å². The van der Waals surface area contributed by atoms with Gasteiger partial charge in [0.25, 0.3) is 0 Å². The summed E-state index contributed by atoms with van der Waals surface area (Å²) in [7, 11) is 1.30. The van der Waals surface area contributed by atoms with E-state index in [1.165, 1.54) is 13.4 Å². The van der Waals surface area contributed by atoms with Crippen molar-refractivity contribution in [3.8, 4) is 0 Å². The zero-order valence-corrected chi connectivity index (χ0v) is 11.5. The average Bonchev–Trinajstić information content (AvgIpc) is 2.88. The maximum atomic E-state index is 11.5. The number of para-hydroxylation sites is 1. The Bertz CT molecular complexity index is 805. The van der Waals surface area contributed by atoms with Crippen molar-refractivity contribution < 1.29 is 9.53 Å². The van der Waals surface area contributed by atoms with Crippen LogP contribution in [0.3, 0.4) is 0 Å². The van der Waals surface area contributed by atoms with Crippen molar-refractivity contribution in [3.63, 3.8) is 0 Å². The van der Waals surface area contributed by atoms with E-state index in [4.69, 9.17) is 5.73 Å². The van der Waals surface area contributed by atoms with Gasteiger partial charge in [-0.25, -0.2) is 9.78 Å². The molecule has 0 saturated heterocycles. The lowest BCUT2D eigenvalue weighted by molar-refractivity contribution is 0.0596. The number of nitrogen functional groups attached to an aromatic ring is 1. The SMILES string of the molecule is COC(=O)c1ncn(Cc2cccc3cccnc23)c1N. The molecule has 106 valence electrons. The maximum absolute atomic E-state index is 11.5. The standard InChI is InChI=1S/C15H14N4O2/c1-21-15(20)13-14(16)19(9-18-13)8-11-5-2-4-10-6-3-7-17-12(10)11/h2-7,9H,8,16H2,1H3. The van der Waals surface area contributed by atoms with Crippen LogP contribution in [0, 0.1) is 0 Å². The number of rotatable bonds is 3. The summed E-state index contributed by atoms with van der Waals surface area (Å²) < 4.78 is 6.35. The first-order chi connectivity index (χ1) is 10.2. The number of nitrogens with two attached hydrogens (primary N) is 1. The number of carbonyl (C=O) groups excluding carboxylic acids is 1. The largest absolute Gasteiger partial charge is 0.464 e. The third-order valence-electron chi connectivity index (χ3n) is 3.31. The lowest BCUT2D eigenvalue weighted by atomic mass is 10.1. The number of carbonyl (C=O) groups is 1. The summed E-state index contributed by atoms with van der Waals surface area (Å²) >= 11 is 0. The van der Waals surface area contributed by atoms with Crippen molar-refractivity contribution in [3.05, 3.63) is 54.1 Å². The Balaban J connectivity index is 2.00. The van der Waals surface area contributed by atoms with Gasteiger partial charge in [0.15, 0.2) is 5.69 Å². The quantitative estimate of drug-likeness (QED) is 0.741. The minimum absolute atomic E-state index is 0.130. The average molecular weight is 282 g/mol. The molecule has 0 radical (unpaired) electrons. The third-order valence-corrected chi connectivity index (χ3v) is 3.31. The van der Waals surface area contributed by atoms with Gasteiger partial charge in [-0.3, -0.25) is 4.98 Å². The van der Waals surface area contributed by atoms with E-state index >= 15 is 0 Å². The molecule has 3 rings (SSSR count). The fraction of sp³-hybridized carbons (Fsp3) is 0.133. The molecular weight excluding hydrogens is 268 g/mol. The molecule has 6 nitrogen and oxygen atoms in total. The number of pyridine rings is 1. The van der Waals surface area contributed by atoms with Crippen molar-refractivity contribution >= 4 is 22.7 Å². The number of imidazole rings is 1. The predicted octanol–water partition coefficient (Wildman–Crippen LogP) is 1.85. The van der Waals surface area contributed by atoms with Crippen LogP contribution >= 0.6 is 0 Å². The number of ether oxygens (including phenoxy) is 1. The molecule has 2 N–H and O–H groups in total. The molecule has 0 aliphatic rings. The van der Waals surface area contributed by atoms with Crippen molar-refractivity contribution in [1.82, 2.24) is 14.5 Å². The summed E-state index contributed by atoms with van der Waals surface area (Å²) in [6, 6.07) is 9.85. The van der Waals surface area contributed by atoms with Crippen molar-refractivity contribution in [1.29, 1.82) is 0 Å². The fourth-order valence-electron chi connectivity index (χ4n) is 2.25. The predicted molar refractivity (Wildman–Crippen MR) is 78.8 cm³/mol. The molecule has 0 bridgehead atoms. The Morgan fingerprint density at radius 3 is 2.90 bits per heavy atom. The van der Waals surface area contributed by atoms with Crippen LogP contribution in [0.15, 0.2) is 42.9 Å². The van der Waals surface area contributed by atoms with Gasteiger partial charge in [0, 0.05) is 11.6 Å². The molecule has 0 atom stereocenters. The van der Waals surface area contributed by atoms with Crippen LogP contribution in [0.2, 0.25) is 0 Å². The van der Waals surface area contributed by atoms with E-state index in [2.05, 4.69) is 14.7 Å². The topological polar surface area (TPSA) is 83.0 Å². The summed E-state index contributed by atoms with van der Waals surface area (Å²) in [5.74, 6) is -0.253. The number of methoxy groups -OCH3 is 1. The van der Waals surface area contributed by atoms with Crippen molar-refractivity contribution in [2.45, 2.75) is 6.54 Å². The number of benzene rings is 1. The summed E-state index contributed by atoms with van der Waals surface area (Å²) in [6.45, 7) is 0.490. The molecule has 0 amide bonds. The second-order valence-electron chi connectivity index (χ2n) is 4.59. The normalized spacial score (nSPS) is 10.7. The number of fused-ring (bicyclic) bond motifs is 1. The van der Waals surface area contributed by atoms with Crippen LogP contribution < -0.4 is 5.73 Å². The lowest BCUT2D eigenvalue weighted by Gasteiger charge is -2.08. The Hall–Kier alpha value is -2.89. The minimum Gasteiger partial charge on any atom is -0.464 e. The highest BCUT2D eigenvalue weighted by Crippen LogP contribution is 2.19. The zero-order valence-electron chi connectivity index (χ0n) is 11.5. The molecule has 2 aromatic heterocycles. The van der Waals surface area contributed by atoms with Crippen molar-refractivity contribution in [2.24, 2.45) is 0 Å². The van der Waals surface area contributed by atoms with Gasteiger partial charge in [0.2, 0.25) is 0 Å². The first kappa shape index (κ1) is 13.1. The molecule has 0 aliphatic heterocycles. The zero-order chi connectivity index (χ0) is 14.8. The van der Waals surface area contributed by atoms with E-state index in [0.717, 1.165) is 16.5 Å². The molecular formula is C15H14N4O2. The monoisotopic (exact) mass is 282 g/mol. The van der Waals surface area contributed by atoms with Gasteiger partial charge >= 0.3 is 5.97 Å². The summed E-state index contributed by atoms with van der Waals surface area (Å²) in [5.41, 5.74) is 8.00. The highest BCUT2D eigenvalue weighted by Gasteiger charge is 2.16. The Morgan fingerprint density at radius 1 is 1.29 bits per heavy atom.